The molecule has 0 amide bonds. The van der Waals surface area contributed by atoms with Gasteiger partial charge in [0.05, 0.1) is 0 Å². The molecular weight excluding hydrogens is 208 g/mol. The molecule has 17 heavy (non-hydrogen) atoms. The molecule has 0 aromatic heterocycles. The molecule has 4 unspecified atom stereocenters. The Kier molecular flexibility index (Phi) is 3.53. The molecule has 0 aromatic carbocycles. The number of allylic oxidation sites excluding steroid dienone is 2. The molecule has 2 fully saturated rings. The predicted octanol–water partition coefficient (Wildman–Crippen LogP) is 2.27. The van der Waals surface area contributed by atoms with E-state index in [2.05, 4.69) is 29.4 Å². The van der Waals surface area contributed by atoms with Crippen LogP contribution in [0.3, 0.4) is 0 Å². The van der Waals surface area contributed by atoms with Crippen LogP contribution < -0.4 is 5.32 Å². The number of piperidine rings is 1. The van der Waals surface area contributed by atoms with Crippen molar-refractivity contribution in [1.82, 2.24) is 10.2 Å². The Morgan fingerprint density at radius 2 is 2.12 bits per heavy atom. The molecule has 1 saturated carbocycles. The second-order valence-electron chi connectivity index (χ2n) is 6.33. The van der Waals surface area contributed by atoms with E-state index in [0.29, 0.717) is 0 Å². The van der Waals surface area contributed by atoms with E-state index in [1.54, 1.807) is 0 Å². The van der Waals surface area contributed by atoms with E-state index in [1.165, 1.54) is 51.7 Å². The number of hydrogen-bond acceptors (Lipinski definition) is 2. The van der Waals surface area contributed by atoms with Gasteiger partial charge >= 0.3 is 0 Å². The Balaban J connectivity index is 1.39. The van der Waals surface area contributed by atoms with Gasteiger partial charge in [-0.15, -0.1) is 0 Å². The molecule has 3 aliphatic rings. The molecule has 1 saturated heterocycles. The van der Waals surface area contributed by atoms with Gasteiger partial charge in [-0.05, 0) is 63.6 Å². The molecule has 0 aromatic rings. The van der Waals surface area contributed by atoms with Crippen LogP contribution in [0.25, 0.3) is 0 Å². The first-order valence-corrected chi connectivity index (χ1v) is 7.42. The second kappa shape index (κ2) is 5.11. The summed E-state index contributed by atoms with van der Waals surface area (Å²) < 4.78 is 0. The van der Waals surface area contributed by atoms with Crippen LogP contribution in [0, 0.1) is 17.8 Å². The summed E-state index contributed by atoms with van der Waals surface area (Å²) in [4.78, 5) is 2.54. The van der Waals surface area contributed by atoms with E-state index in [4.69, 9.17) is 0 Å². The zero-order valence-corrected chi connectivity index (χ0v) is 11.1. The molecular formula is C15H26N2. The van der Waals surface area contributed by atoms with Crippen LogP contribution in [-0.4, -0.2) is 37.6 Å². The average Bonchev–Trinajstić information content (AvgIpc) is 2.94. The summed E-state index contributed by atoms with van der Waals surface area (Å²) in [6.45, 7) is 3.74. The lowest BCUT2D eigenvalue weighted by atomic mass is 9.93. The normalized spacial score (nSPS) is 41.2. The summed E-state index contributed by atoms with van der Waals surface area (Å²) in [5.74, 6) is 2.75. The standard InChI is InChI=1S/C15H26N2/c1-17-7-3-2-4-15(17)11-16-10-14-9-12-5-6-13(14)8-12/h5-6,12-16H,2-4,7-11H2,1H3. The Bertz CT molecular complexity index is 287. The lowest BCUT2D eigenvalue weighted by Crippen LogP contribution is -2.44. The first kappa shape index (κ1) is 11.7. The zero-order chi connectivity index (χ0) is 11.7. The minimum Gasteiger partial charge on any atom is -0.315 e. The smallest absolute Gasteiger partial charge is 0.0217 e. The van der Waals surface area contributed by atoms with Crippen LogP contribution in [0.1, 0.15) is 32.1 Å². The van der Waals surface area contributed by atoms with Gasteiger partial charge < -0.3 is 10.2 Å². The Morgan fingerprint density at radius 3 is 2.82 bits per heavy atom. The highest BCUT2D eigenvalue weighted by molar-refractivity contribution is 5.10. The molecule has 2 heteroatoms. The van der Waals surface area contributed by atoms with Gasteiger partial charge in [0.15, 0.2) is 0 Å². The van der Waals surface area contributed by atoms with Crippen molar-refractivity contribution in [3.63, 3.8) is 0 Å². The quantitative estimate of drug-likeness (QED) is 0.751. The van der Waals surface area contributed by atoms with Gasteiger partial charge in [-0.25, -0.2) is 0 Å². The number of likely N-dealkylation sites (tertiary alicyclic amines) is 1. The van der Waals surface area contributed by atoms with E-state index < -0.39 is 0 Å². The Labute approximate surface area is 105 Å². The third kappa shape index (κ3) is 2.58. The van der Waals surface area contributed by atoms with Crippen molar-refractivity contribution >= 4 is 0 Å². The van der Waals surface area contributed by atoms with Gasteiger partial charge in [0.2, 0.25) is 0 Å². The molecule has 1 N–H and O–H groups in total. The van der Waals surface area contributed by atoms with E-state index in [0.717, 1.165) is 23.8 Å². The van der Waals surface area contributed by atoms with Crippen molar-refractivity contribution in [3.05, 3.63) is 12.2 Å². The lowest BCUT2D eigenvalue weighted by Gasteiger charge is -2.33. The maximum atomic E-state index is 3.74. The van der Waals surface area contributed by atoms with Crippen LogP contribution in [0.5, 0.6) is 0 Å². The number of hydrogen-bond donors (Lipinski definition) is 1. The van der Waals surface area contributed by atoms with Gasteiger partial charge in [-0.3, -0.25) is 0 Å². The van der Waals surface area contributed by atoms with Crippen molar-refractivity contribution in [2.24, 2.45) is 17.8 Å². The largest absolute Gasteiger partial charge is 0.315 e. The van der Waals surface area contributed by atoms with E-state index in [-0.39, 0.29) is 0 Å². The van der Waals surface area contributed by atoms with Crippen LogP contribution in [0.2, 0.25) is 0 Å². The number of likely N-dealkylation sites (N-methyl/N-ethyl adjacent to an activating group) is 1. The van der Waals surface area contributed by atoms with Gasteiger partial charge in [-0.1, -0.05) is 18.6 Å². The maximum Gasteiger partial charge on any atom is 0.0217 e. The van der Waals surface area contributed by atoms with E-state index in [1.807, 2.05) is 0 Å². The second-order valence-corrected chi connectivity index (χ2v) is 6.33. The average molecular weight is 234 g/mol. The highest BCUT2D eigenvalue weighted by Gasteiger charge is 2.35. The van der Waals surface area contributed by atoms with Crippen LogP contribution in [0.15, 0.2) is 12.2 Å². The van der Waals surface area contributed by atoms with E-state index >= 15 is 0 Å². The predicted molar refractivity (Wildman–Crippen MR) is 72.0 cm³/mol. The van der Waals surface area contributed by atoms with Crippen LogP contribution in [0.4, 0.5) is 0 Å². The highest BCUT2D eigenvalue weighted by Crippen LogP contribution is 2.42. The zero-order valence-electron chi connectivity index (χ0n) is 11.1. The fourth-order valence-corrected chi connectivity index (χ4v) is 3.97. The molecule has 1 heterocycles. The third-order valence-corrected chi connectivity index (χ3v) is 5.12. The molecule has 2 aliphatic carbocycles. The third-order valence-electron chi connectivity index (χ3n) is 5.12. The van der Waals surface area contributed by atoms with E-state index in [9.17, 15) is 0 Å². The first-order chi connectivity index (χ1) is 8.33. The summed E-state index contributed by atoms with van der Waals surface area (Å²) in [6, 6.07) is 0.790. The number of nitrogens with zero attached hydrogens (tertiary/aromatic N) is 1. The summed E-state index contributed by atoms with van der Waals surface area (Å²) in [7, 11) is 2.28. The summed E-state index contributed by atoms with van der Waals surface area (Å²) in [5.41, 5.74) is 0. The Hall–Kier alpha value is -0.340. The minimum absolute atomic E-state index is 0.790. The van der Waals surface area contributed by atoms with Crippen LogP contribution in [-0.2, 0) is 0 Å². The molecule has 96 valence electrons. The van der Waals surface area contributed by atoms with Gasteiger partial charge in [0.1, 0.15) is 0 Å². The van der Waals surface area contributed by atoms with Crippen molar-refractivity contribution < 1.29 is 0 Å². The van der Waals surface area contributed by atoms with Crippen molar-refractivity contribution in [1.29, 1.82) is 0 Å². The fourth-order valence-electron chi connectivity index (χ4n) is 3.97. The molecule has 0 spiro atoms. The monoisotopic (exact) mass is 234 g/mol. The van der Waals surface area contributed by atoms with Gasteiger partial charge in [0.25, 0.3) is 0 Å². The molecule has 0 radical (unpaired) electrons. The van der Waals surface area contributed by atoms with Crippen molar-refractivity contribution in [2.75, 3.05) is 26.7 Å². The number of rotatable bonds is 4. The SMILES string of the molecule is CN1CCCCC1CNCC1CC2C=CC1C2. The van der Waals surface area contributed by atoms with Crippen molar-refractivity contribution in [2.45, 2.75) is 38.1 Å². The first-order valence-electron chi connectivity index (χ1n) is 7.42. The van der Waals surface area contributed by atoms with Crippen molar-refractivity contribution in [3.8, 4) is 0 Å². The fraction of sp³-hybridized carbons (Fsp3) is 0.867. The maximum absolute atomic E-state index is 3.74. The number of nitrogens with one attached hydrogen (secondary N) is 1. The molecule has 2 nitrogen and oxygen atoms in total. The summed E-state index contributed by atoms with van der Waals surface area (Å²) in [6.07, 6.45) is 12.0. The molecule has 2 bridgehead atoms. The Morgan fingerprint density at radius 1 is 1.18 bits per heavy atom. The van der Waals surface area contributed by atoms with Gasteiger partial charge in [0, 0.05) is 12.6 Å². The summed E-state index contributed by atoms with van der Waals surface area (Å²) >= 11 is 0. The molecule has 3 rings (SSSR count). The van der Waals surface area contributed by atoms with Crippen LogP contribution >= 0.6 is 0 Å². The molecule has 1 aliphatic heterocycles. The minimum atomic E-state index is 0.790. The van der Waals surface area contributed by atoms with Gasteiger partial charge in [-0.2, -0.15) is 0 Å². The molecule has 4 atom stereocenters. The lowest BCUT2D eigenvalue weighted by molar-refractivity contribution is 0.179. The topological polar surface area (TPSA) is 15.3 Å². The highest BCUT2D eigenvalue weighted by atomic mass is 15.2. The summed E-state index contributed by atoms with van der Waals surface area (Å²) in [5, 5.41) is 3.74. The number of fused-ring (bicyclic) bond motifs is 2.